The molecular formula is C18H17F3N4O4. The summed E-state index contributed by atoms with van der Waals surface area (Å²) in [6, 6.07) is 5.79. The number of ether oxygens (including phenoxy) is 2. The van der Waals surface area contributed by atoms with Gasteiger partial charge in [0.15, 0.2) is 5.76 Å². The van der Waals surface area contributed by atoms with Gasteiger partial charge in [-0.3, -0.25) is 0 Å². The van der Waals surface area contributed by atoms with Crippen molar-refractivity contribution < 1.29 is 32.3 Å². The van der Waals surface area contributed by atoms with Crippen molar-refractivity contribution in [2.45, 2.75) is 31.2 Å². The molecule has 4 N–H and O–H groups in total. The van der Waals surface area contributed by atoms with Crippen LogP contribution >= 0.6 is 0 Å². The molecule has 0 unspecified atom stereocenters. The van der Waals surface area contributed by atoms with Gasteiger partial charge in [0.2, 0.25) is 5.88 Å². The third-order valence-corrected chi connectivity index (χ3v) is 4.19. The Balaban J connectivity index is 0.00000240. The van der Waals surface area contributed by atoms with Crippen LogP contribution in [0.2, 0.25) is 0 Å². The first-order chi connectivity index (χ1) is 13.4. The summed E-state index contributed by atoms with van der Waals surface area (Å²) in [6.07, 6.45) is -0.666. The van der Waals surface area contributed by atoms with E-state index in [1.807, 2.05) is 0 Å². The number of rotatable bonds is 5. The summed E-state index contributed by atoms with van der Waals surface area (Å²) in [5, 5.41) is 14.3. The van der Waals surface area contributed by atoms with E-state index < -0.39 is 17.6 Å². The second-order valence-electron chi connectivity index (χ2n) is 6.24. The molecule has 0 spiro atoms. The molecule has 1 fully saturated rings. The number of quaternary nitrogens is 1. The number of benzene rings is 1. The van der Waals surface area contributed by atoms with E-state index in [0.29, 0.717) is 30.2 Å². The maximum absolute atomic E-state index is 12.5. The summed E-state index contributed by atoms with van der Waals surface area (Å²) < 4.78 is 53.8. The van der Waals surface area contributed by atoms with Crippen molar-refractivity contribution in [2.24, 2.45) is 0 Å². The summed E-state index contributed by atoms with van der Waals surface area (Å²) in [7, 11) is 0. The maximum Gasteiger partial charge on any atom is 0.416 e. The van der Waals surface area contributed by atoms with Crippen LogP contribution in [-0.2, 0) is 6.18 Å². The summed E-state index contributed by atoms with van der Waals surface area (Å²) in [5.41, 5.74) is -0.354. The average molecular weight is 410 g/mol. The smallest absolute Gasteiger partial charge is 0.416 e. The Bertz CT molecular complexity index is 939. The lowest BCUT2D eigenvalue weighted by Gasteiger charge is -2.34. The van der Waals surface area contributed by atoms with Crippen LogP contribution in [0.25, 0.3) is 11.5 Å². The van der Waals surface area contributed by atoms with Gasteiger partial charge in [-0.2, -0.15) is 13.2 Å². The van der Waals surface area contributed by atoms with E-state index in [0.717, 1.165) is 12.1 Å². The highest BCUT2D eigenvalue weighted by Gasteiger charge is 2.34. The molecule has 29 heavy (non-hydrogen) atoms. The van der Waals surface area contributed by atoms with Crippen molar-refractivity contribution in [3.05, 3.63) is 48.3 Å². The minimum absolute atomic E-state index is 0. The fourth-order valence-corrected chi connectivity index (χ4v) is 2.68. The predicted octanol–water partition coefficient (Wildman–Crippen LogP) is 3.59. The first kappa shape index (κ1) is 20.4. The maximum atomic E-state index is 12.5. The largest absolute Gasteiger partial charge is 0.856 e. The van der Waals surface area contributed by atoms with Crippen LogP contribution < -0.4 is 20.7 Å². The van der Waals surface area contributed by atoms with Gasteiger partial charge in [0.25, 0.3) is 0 Å². The zero-order valence-corrected chi connectivity index (χ0v) is 15.2. The van der Waals surface area contributed by atoms with Crippen molar-refractivity contribution in [3.8, 4) is 29.0 Å². The van der Waals surface area contributed by atoms with Gasteiger partial charge in [0.1, 0.15) is 23.7 Å². The molecule has 2 aromatic heterocycles. The highest BCUT2D eigenvalue weighted by molar-refractivity contribution is 5.51. The zero-order valence-electron chi connectivity index (χ0n) is 15.2. The zero-order chi connectivity index (χ0) is 19.7. The van der Waals surface area contributed by atoms with Crippen molar-refractivity contribution in [1.29, 1.82) is 0 Å². The minimum Gasteiger partial charge on any atom is -0.856 e. The normalized spacial score (nSPS) is 18.4. The van der Waals surface area contributed by atoms with E-state index >= 15 is 0 Å². The second kappa shape index (κ2) is 7.95. The van der Waals surface area contributed by atoms with Crippen LogP contribution in [0.15, 0.2) is 47.2 Å². The third kappa shape index (κ3) is 4.74. The Morgan fingerprint density at radius 3 is 2.24 bits per heavy atom. The Hall–Kier alpha value is -3.34. The number of hydrogen-bond acceptors (Lipinski definition) is 7. The summed E-state index contributed by atoms with van der Waals surface area (Å²) in [6.45, 7) is 0. The highest BCUT2D eigenvalue weighted by atomic mass is 19.4. The SMILES string of the molecule is [NH4+].[O-]c1cc(-c2cnc(OC3CC(Oc4ccc(C(F)(F)F)cc4)C3)cn2)on1. The molecule has 0 radical (unpaired) electrons. The number of aromatic nitrogens is 3. The monoisotopic (exact) mass is 410 g/mol. The van der Waals surface area contributed by atoms with Crippen LogP contribution in [0.4, 0.5) is 13.2 Å². The van der Waals surface area contributed by atoms with Gasteiger partial charge >= 0.3 is 6.18 Å². The first-order valence-electron chi connectivity index (χ1n) is 8.33. The quantitative estimate of drug-likeness (QED) is 0.680. The molecule has 1 aliphatic carbocycles. The molecule has 0 aliphatic heterocycles. The van der Waals surface area contributed by atoms with Crippen LogP contribution in [0, 0.1) is 0 Å². The van der Waals surface area contributed by atoms with Gasteiger partial charge in [0, 0.05) is 24.8 Å². The Morgan fingerprint density at radius 1 is 1.00 bits per heavy atom. The van der Waals surface area contributed by atoms with Gasteiger partial charge < -0.3 is 25.3 Å². The molecule has 0 bridgehead atoms. The fraction of sp³-hybridized carbons (Fsp3) is 0.278. The van der Waals surface area contributed by atoms with E-state index in [2.05, 4.69) is 15.1 Å². The Kier molecular flexibility index (Phi) is 5.59. The molecule has 1 saturated carbocycles. The van der Waals surface area contributed by atoms with Gasteiger partial charge in [0.05, 0.1) is 18.0 Å². The molecule has 11 heteroatoms. The number of hydrogen-bond donors (Lipinski definition) is 1. The van der Waals surface area contributed by atoms with Crippen LogP contribution in [-0.4, -0.2) is 27.3 Å². The van der Waals surface area contributed by atoms with E-state index in [-0.39, 0.29) is 24.1 Å². The Morgan fingerprint density at radius 2 is 1.69 bits per heavy atom. The lowest BCUT2D eigenvalue weighted by molar-refractivity contribution is -0.277. The molecule has 0 amide bonds. The third-order valence-electron chi connectivity index (χ3n) is 4.19. The van der Waals surface area contributed by atoms with E-state index in [1.165, 1.54) is 30.6 Å². The predicted molar refractivity (Wildman–Crippen MR) is 92.5 cm³/mol. The van der Waals surface area contributed by atoms with Crippen molar-refractivity contribution >= 4 is 0 Å². The van der Waals surface area contributed by atoms with Crippen LogP contribution in [0.1, 0.15) is 18.4 Å². The molecular weight excluding hydrogens is 393 g/mol. The summed E-state index contributed by atoms with van der Waals surface area (Å²) in [5.74, 6) is 0.414. The first-order valence-corrected chi connectivity index (χ1v) is 8.33. The molecule has 0 atom stereocenters. The highest BCUT2D eigenvalue weighted by Crippen LogP contribution is 2.33. The molecule has 1 aliphatic rings. The number of halogens is 3. The van der Waals surface area contributed by atoms with Gasteiger partial charge in [-0.25, -0.2) is 9.97 Å². The second-order valence-corrected chi connectivity index (χ2v) is 6.24. The molecule has 2 heterocycles. The molecule has 8 nitrogen and oxygen atoms in total. The minimum atomic E-state index is -4.37. The average Bonchev–Trinajstić information content (AvgIpc) is 3.06. The number of nitrogens with zero attached hydrogens (tertiary/aromatic N) is 3. The van der Waals surface area contributed by atoms with Crippen molar-refractivity contribution in [2.75, 3.05) is 0 Å². The molecule has 4 rings (SSSR count). The lowest BCUT2D eigenvalue weighted by Crippen LogP contribution is -2.41. The van der Waals surface area contributed by atoms with Crippen LogP contribution in [0.5, 0.6) is 17.5 Å². The van der Waals surface area contributed by atoms with Gasteiger partial charge in [-0.1, -0.05) is 5.16 Å². The Labute approximate surface area is 162 Å². The van der Waals surface area contributed by atoms with Crippen molar-refractivity contribution in [3.63, 3.8) is 0 Å². The standard InChI is InChI=1S/C18H14F3N3O4.H3N/c19-18(20,21)10-1-3-11(4-2-10)26-12-5-13(6-12)27-17-9-22-14(8-23-17)15-7-16(25)24-28-15;/h1-4,7-9,12-13H,5-6H2,(H,24,25);1H3. The molecule has 1 aromatic carbocycles. The van der Waals surface area contributed by atoms with Gasteiger partial charge in [-0.15, -0.1) is 0 Å². The summed E-state index contributed by atoms with van der Waals surface area (Å²) in [4.78, 5) is 8.21. The topological polar surface area (TPSA) is 130 Å². The molecule has 3 aromatic rings. The fourth-order valence-electron chi connectivity index (χ4n) is 2.68. The lowest BCUT2D eigenvalue weighted by atomic mass is 9.92. The number of alkyl halides is 3. The molecule has 154 valence electrons. The van der Waals surface area contributed by atoms with E-state index in [4.69, 9.17) is 14.0 Å². The van der Waals surface area contributed by atoms with E-state index in [9.17, 15) is 18.3 Å². The van der Waals surface area contributed by atoms with Gasteiger partial charge in [-0.05, 0) is 24.3 Å². The van der Waals surface area contributed by atoms with Crippen molar-refractivity contribution in [1.82, 2.24) is 21.3 Å². The summed E-state index contributed by atoms with van der Waals surface area (Å²) >= 11 is 0. The molecule has 0 saturated heterocycles. The van der Waals surface area contributed by atoms with E-state index in [1.54, 1.807) is 0 Å². The van der Waals surface area contributed by atoms with Crippen LogP contribution in [0.3, 0.4) is 0 Å².